The highest BCUT2D eigenvalue weighted by Crippen LogP contribution is 2.15. The van der Waals surface area contributed by atoms with Crippen LogP contribution < -0.4 is 15.5 Å². The molecule has 0 aromatic heterocycles. The van der Waals surface area contributed by atoms with Gasteiger partial charge in [-0.2, -0.15) is 5.10 Å². The Kier molecular flexibility index (Phi) is 7.42. The molecule has 0 radical (unpaired) electrons. The van der Waals surface area contributed by atoms with Gasteiger partial charge >= 0.3 is 5.97 Å². The van der Waals surface area contributed by atoms with Crippen molar-refractivity contribution in [2.45, 2.75) is 6.92 Å². The molecule has 0 heterocycles. The third kappa shape index (κ3) is 6.33. The number of aryl methyl sites for hydroxylation is 1. The summed E-state index contributed by atoms with van der Waals surface area (Å²) in [7, 11) is 0. The van der Waals surface area contributed by atoms with E-state index < -0.39 is 23.6 Å². The standard InChI is InChI=1S/C24H20FN3O4/c1-16-4-2-3-5-21(16)24(31)32-20-12-6-17(7-13-20)14-27-28-22(29)15-26-23(30)18-8-10-19(25)11-9-18/h2-14H,15H2,1H3,(H,26,30)(H,28,29)/b27-14+. The fourth-order valence-electron chi connectivity index (χ4n) is 2.67. The first kappa shape index (κ1) is 22.4. The van der Waals surface area contributed by atoms with Crippen LogP contribution in [0, 0.1) is 12.7 Å². The number of rotatable bonds is 7. The SMILES string of the molecule is Cc1ccccc1C(=O)Oc1ccc(/C=N/NC(=O)CNC(=O)c2ccc(F)cc2)cc1. The molecule has 0 aliphatic carbocycles. The maximum Gasteiger partial charge on any atom is 0.343 e. The van der Waals surface area contributed by atoms with Crippen LogP contribution in [0.4, 0.5) is 4.39 Å². The Hall–Kier alpha value is -4.33. The van der Waals surface area contributed by atoms with E-state index in [1.807, 2.05) is 19.1 Å². The predicted molar refractivity (Wildman–Crippen MR) is 117 cm³/mol. The summed E-state index contributed by atoms with van der Waals surface area (Å²) in [4.78, 5) is 35.9. The van der Waals surface area contributed by atoms with Crippen molar-refractivity contribution in [2.75, 3.05) is 6.54 Å². The van der Waals surface area contributed by atoms with Crippen LogP contribution in [0.5, 0.6) is 5.75 Å². The van der Waals surface area contributed by atoms with Gasteiger partial charge in [-0.15, -0.1) is 0 Å². The van der Waals surface area contributed by atoms with Crippen LogP contribution in [-0.4, -0.2) is 30.5 Å². The van der Waals surface area contributed by atoms with E-state index >= 15 is 0 Å². The summed E-state index contributed by atoms with van der Waals surface area (Å²) >= 11 is 0. The van der Waals surface area contributed by atoms with Crippen molar-refractivity contribution < 1.29 is 23.5 Å². The van der Waals surface area contributed by atoms with Crippen LogP contribution in [0.1, 0.15) is 31.8 Å². The summed E-state index contributed by atoms with van der Waals surface area (Å²) in [5.74, 6) is -1.55. The molecule has 2 N–H and O–H groups in total. The Bertz CT molecular complexity index is 1140. The number of hydrazone groups is 1. The number of carbonyl (C=O) groups excluding carboxylic acids is 3. The minimum absolute atomic E-state index is 0.242. The molecule has 3 aromatic carbocycles. The van der Waals surface area contributed by atoms with Gasteiger partial charge in [0, 0.05) is 5.56 Å². The minimum Gasteiger partial charge on any atom is -0.423 e. The molecule has 0 saturated carbocycles. The predicted octanol–water partition coefficient (Wildman–Crippen LogP) is 3.23. The van der Waals surface area contributed by atoms with E-state index in [-0.39, 0.29) is 12.1 Å². The van der Waals surface area contributed by atoms with Crippen LogP contribution in [0.2, 0.25) is 0 Å². The Morgan fingerprint density at radius 3 is 2.34 bits per heavy atom. The molecule has 0 aliphatic rings. The number of hydrogen-bond donors (Lipinski definition) is 2. The molecule has 0 unspecified atom stereocenters. The zero-order valence-electron chi connectivity index (χ0n) is 17.2. The van der Waals surface area contributed by atoms with Gasteiger partial charge in [0.1, 0.15) is 11.6 Å². The first-order valence-electron chi connectivity index (χ1n) is 9.66. The van der Waals surface area contributed by atoms with Gasteiger partial charge in [-0.1, -0.05) is 18.2 Å². The number of nitrogens with zero attached hydrogens (tertiary/aromatic N) is 1. The summed E-state index contributed by atoms with van der Waals surface area (Å²) in [6.07, 6.45) is 1.41. The summed E-state index contributed by atoms with van der Waals surface area (Å²) in [5, 5.41) is 6.23. The van der Waals surface area contributed by atoms with Crippen molar-refractivity contribution in [3.8, 4) is 5.75 Å². The van der Waals surface area contributed by atoms with Crippen LogP contribution in [0.3, 0.4) is 0 Å². The molecule has 0 bridgehead atoms. The van der Waals surface area contributed by atoms with Crippen LogP contribution in [0.15, 0.2) is 77.9 Å². The third-order valence-electron chi connectivity index (χ3n) is 4.37. The van der Waals surface area contributed by atoms with Crippen molar-refractivity contribution in [2.24, 2.45) is 5.10 Å². The smallest absolute Gasteiger partial charge is 0.343 e. The Labute approximate surface area is 183 Å². The molecular weight excluding hydrogens is 413 g/mol. The van der Waals surface area contributed by atoms with E-state index in [1.165, 1.54) is 18.3 Å². The molecule has 3 aromatic rings. The highest BCUT2D eigenvalue weighted by Gasteiger charge is 2.11. The minimum atomic E-state index is -0.527. The second-order valence-corrected chi connectivity index (χ2v) is 6.76. The number of carbonyl (C=O) groups is 3. The lowest BCUT2D eigenvalue weighted by atomic mass is 10.1. The van der Waals surface area contributed by atoms with Crippen LogP contribution in [-0.2, 0) is 4.79 Å². The summed E-state index contributed by atoms with van der Waals surface area (Å²) in [6.45, 7) is 1.54. The van der Waals surface area contributed by atoms with Crippen molar-refractivity contribution in [1.82, 2.24) is 10.7 Å². The molecule has 0 fully saturated rings. The van der Waals surface area contributed by atoms with Gasteiger partial charge in [0.25, 0.3) is 11.8 Å². The fourth-order valence-corrected chi connectivity index (χ4v) is 2.67. The van der Waals surface area contributed by atoms with E-state index in [1.54, 1.807) is 36.4 Å². The first-order valence-corrected chi connectivity index (χ1v) is 9.66. The Morgan fingerprint density at radius 2 is 1.66 bits per heavy atom. The molecule has 0 spiro atoms. The second-order valence-electron chi connectivity index (χ2n) is 6.76. The van der Waals surface area contributed by atoms with E-state index in [2.05, 4.69) is 15.8 Å². The van der Waals surface area contributed by atoms with E-state index in [9.17, 15) is 18.8 Å². The quantitative estimate of drug-likeness (QED) is 0.259. The molecule has 32 heavy (non-hydrogen) atoms. The molecule has 2 amide bonds. The maximum absolute atomic E-state index is 12.9. The zero-order chi connectivity index (χ0) is 22.9. The normalized spacial score (nSPS) is 10.6. The van der Waals surface area contributed by atoms with Gasteiger partial charge in [0.05, 0.1) is 18.3 Å². The fraction of sp³-hybridized carbons (Fsp3) is 0.0833. The zero-order valence-corrected chi connectivity index (χ0v) is 17.2. The van der Waals surface area contributed by atoms with Crippen molar-refractivity contribution in [1.29, 1.82) is 0 Å². The lowest BCUT2D eigenvalue weighted by Crippen LogP contribution is -2.34. The maximum atomic E-state index is 12.9. The summed E-state index contributed by atoms with van der Waals surface area (Å²) < 4.78 is 18.2. The average molecular weight is 433 g/mol. The molecule has 0 atom stereocenters. The molecule has 0 saturated heterocycles. The number of nitrogens with one attached hydrogen (secondary N) is 2. The van der Waals surface area contributed by atoms with Gasteiger partial charge in [-0.3, -0.25) is 9.59 Å². The van der Waals surface area contributed by atoms with Gasteiger partial charge in [0.15, 0.2) is 0 Å². The molecule has 162 valence electrons. The molecule has 3 rings (SSSR count). The molecule has 8 heteroatoms. The van der Waals surface area contributed by atoms with Gasteiger partial charge in [0.2, 0.25) is 0 Å². The largest absolute Gasteiger partial charge is 0.423 e. The number of esters is 1. The van der Waals surface area contributed by atoms with Crippen molar-refractivity contribution in [3.05, 3.63) is 101 Å². The van der Waals surface area contributed by atoms with E-state index in [0.29, 0.717) is 16.9 Å². The van der Waals surface area contributed by atoms with Crippen molar-refractivity contribution in [3.63, 3.8) is 0 Å². The second kappa shape index (κ2) is 10.6. The Balaban J connectivity index is 1.45. The number of benzene rings is 3. The topological polar surface area (TPSA) is 96.9 Å². The van der Waals surface area contributed by atoms with E-state index in [4.69, 9.17) is 4.74 Å². The van der Waals surface area contributed by atoms with Gasteiger partial charge < -0.3 is 10.1 Å². The van der Waals surface area contributed by atoms with Crippen LogP contribution >= 0.6 is 0 Å². The van der Waals surface area contributed by atoms with E-state index in [0.717, 1.165) is 17.7 Å². The van der Waals surface area contributed by atoms with Crippen LogP contribution in [0.25, 0.3) is 0 Å². The highest BCUT2D eigenvalue weighted by atomic mass is 19.1. The molecule has 0 aliphatic heterocycles. The average Bonchev–Trinajstić information content (AvgIpc) is 2.79. The number of halogens is 1. The number of amides is 2. The summed E-state index contributed by atoms with van der Waals surface area (Å²) in [6, 6.07) is 18.7. The van der Waals surface area contributed by atoms with Crippen molar-refractivity contribution >= 4 is 24.0 Å². The lowest BCUT2D eigenvalue weighted by Gasteiger charge is -2.06. The van der Waals surface area contributed by atoms with Gasteiger partial charge in [-0.05, 0) is 72.6 Å². The highest BCUT2D eigenvalue weighted by molar-refractivity contribution is 5.96. The molecule has 7 nitrogen and oxygen atoms in total. The molecular formula is C24H20FN3O4. The third-order valence-corrected chi connectivity index (χ3v) is 4.37. The van der Waals surface area contributed by atoms with Gasteiger partial charge in [-0.25, -0.2) is 14.6 Å². The first-order chi connectivity index (χ1) is 15.4. The summed E-state index contributed by atoms with van der Waals surface area (Å²) in [5.41, 5.74) is 4.51. The lowest BCUT2D eigenvalue weighted by molar-refractivity contribution is -0.120. The number of hydrogen-bond acceptors (Lipinski definition) is 5. The Morgan fingerprint density at radius 1 is 0.969 bits per heavy atom. The number of ether oxygens (including phenoxy) is 1. The monoisotopic (exact) mass is 433 g/mol.